The summed E-state index contributed by atoms with van der Waals surface area (Å²) >= 11 is 0. The number of carbonyl (C=O) groups is 1. The van der Waals surface area contributed by atoms with Crippen molar-refractivity contribution in [2.45, 2.75) is 25.8 Å². The Morgan fingerprint density at radius 2 is 2.22 bits per heavy atom. The van der Waals surface area contributed by atoms with E-state index in [0.717, 1.165) is 18.5 Å². The van der Waals surface area contributed by atoms with Gasteiger partial charge in [0, 0.05) is 32.3 Å². The number of likely N-dealkylation sites (N-methyl/N-ethyl adjacent to an activating group) is 1. The van der Waals surface area contributed by atoms with E-state index >= 15 is 0 Å². The Morgan fingerprint density at radius 3 is 2.72 bits per heavy atom. The number of amides is 1. The molecule has 1 atom stereocenters. The monoisotopic (exact) mass is 251 g/mol. The first kappa shape index (κ1) is 14.4. The van der Waals surface area contributed by atoms with Crippen molar-refractivity contribution >= 4 is 5.91 Å². The summed E-state index contributed by atoms with van der Waals surface area (Å²) in [5.41, 5.74) is 6.79. The molecule has 100 valence electrons. The van der Waals surface area contributed by atoms with Crippen molar-refractivity contribution in [3.8, 4) is 5.75 Å². The minimum atomic E-state index is -0.0768. The maximum atomic E-state index is 11.3. The van der Waals surface area contributed by atoms with Crippen LogP contribution in [-0.2, 0) is 11.2 Å². The minimum absolute atomic E-state index is 0.0303. The normalized spacial score (nSPS) is 12.0. The highest BCUT2D eigenvalue weighted by Crippen LogP contribution is 2.10. The van der Waals surface area contributed by atoms with E-state index in [0.29, 0.717) is 5.75 Å². The number of aromatic nitrogens is 1. The highest BCUT2D eigenvalue weighted by atomic mass is 16.5. The highest BCUT2D eigenvalue weighted by molar-refractivity contribution is 5.77. The van der Waals surface area contributed by atoms with Gasteiger partial charge in [-0.15, -0.1) is 0 Å². The summed E-state index contributed by atoms with van der Waals surface area (Å²) in [6.07, 6.45) is 3.31. The number of ether oxygens (including phenoxy) is 1. The molecule has 0 aliphatic heterocycles. The van der Waals surface area contributed by atoms with Gasteiger partial charge in [-0.1, -0.05) is 6.92 Å². The average molecular weight is 251 g/mol. The van der Waals surface area contributed by atoms with E-state index in [-0.39, 0.29) is 18.6 Å². The van der Waals surface area contributed by atoms with Crippen molar-refractivity contribution < 1.29 is 9.53 Å². The smallest absolute Gasteiger partial charge is 0.259 e. The highest BCUT2D eigenvalue weighted by Gasteiger charge is 2.06. The van der Waals surface area contributed by atoms with Gasteiger partial charge in [-0.25, -0.2) is 0 Å². The van der Waals surface area contributed by atoms with Gasteiger partial charge >= 0.3 is 0 Å². The molecule has 1 heterocycles. The van der Waals surface area contributed by atoms with Gasteiger partial charge < -0.3 is 15.4 Å². The Balaban J connectivity index is 2.48. The van der Waals surface area contributed by atoms with Crippen LogP contribution in [0.1, 0.15) is 19.0 Å². The van der Waals surface area contributed by atoms with Crippen LogP contribution < -0.4 is 10.5 Å². The van der Waals surface area contributed by atoms with Crippen molar-refractivity contribution in [3.63, 3.8) is 0 Å². The van der Waals surface area contributed by atoms with Crippen molar-refractivity contribution in [3.05, 3.63) is 24.0 Å². The third-order valence-corrected chi connectivity index (χ3v) is 2.65. The van der Waals surface area contributed by atoms with Crippen LogP contribution in [0.25, 0.3) is 0 Å². The number of pyridine rings is 1. The minimum Gasteiger partial charge on any atom is -0.482 e. The summed E-state index contributed by atoms with van der Waals surface area (Å²) in [6.45, 7) is 2.08. The number of nitrogens with zero attached hydrogens (tertiary/aromatic N) is 2. The molecule has 0 radical (unpaired) electrons. The molecule has 5 nitrogen and oxygen atoms in total. The second kappa shape index (κ2) is 6.96. The number of hydrogen-bond acceptors (Lipinski definition) is 4. The summed E-state index contributed by atoms with van der Waals surface area (Å²) in [5, 5.41) is 0. The summed E-state index contributed by atoms with van der Waals surface area (Å²) in [7, 11) is 3.39. The lowest BCUT2D eigenvalue weighted by molar-refractivity contribution is -0.130. The van der Waals surface area contributed by atoms with Gasteiger partial charge in [-0.3, -0.25) is 9.78 Å². The summed E-state index contributed by atoms with van der Waals surface area (Å²) < 4.78 is 5.33. The molecule has 0 saturated heterocycles. The van der Waals surface area contributed by atoms with Crippen LogP contribution in [0.3, 0.4) is 0 Å². The van der Waals surface area contributed by atoms with Gasteiger partial charge in [0.25, 0.3) is 5.91 Å². The fraction of sp³-hybridized carbons (Fsp3) is 0.538. The van der Waals surface area contributed by atoms with Crippen molar-refractivity contribution in [1.29, 1.82) is 0 Å². The number of carbonyl (C=O) groups excluding carboxylic acids is 1. The molecular formula is C13H21N3O2. The van der Waals surface area contributed by atoms with Gasteiger partial charge in [-0.05, 0) is 18.6 Å². The van der Waals surface area contributed by atoms with Crippen LogP contribution in [0.4, 0.5) is 0 Å². The first-order chi connectivity index (χ1) is 8.52. The molecule has 5 heteroatoms. The van der Waals surface area contributed by atoms with Crippen LogP contribution in [0.2, 0.25) is 0 Å². The first-order valence-electron chi connectivity index (χ1n) is 6.06. The maximum Gasteiger partial charge on any atom is 0.259 e. The van der Waals surface area contributed by atoms with Crippen LogP contribution in [-0.4, -0.2) is 42.5 Å². The van der Waals surface area contributed by atoms with Crippen LogP contribution in [0.5, 0.6) is 5.75 Å². The molecule has 1 unspecified atom stereocenters. The Bertz CT molecular complexity index is 376. The Labute approximate surface area is 108 Å². The molecule has 0 aliphatic carbocycles. The molecule has 0 bridgehead atoms. The van der Waals surface area contributed by atoms with E-state index < -0.39 is 0 Å². The Kier molecular flexibility index (Phi) is 5.58. The Hall–Kier alpha value is -1.62. The molecule has 0 saturated carbocycles. The van der Waals surface area contributed by atoms with E-state index in [1.165, 1.54) is 4.90 Å². The molecule has 2 N–H and O–H groups in total. The second-order valence-electron chi connectivity index (χ2n) is 4.43. The molecule has 1 amide bonds. The first-order valence-corrected chi connectivity index (χ1v) is 6.06. The number of hydrogen-bond donors (Lipinski definition) is 1. The largest absolute Gasteiger partial charge is 0.482 e. The third-order valence-electron chi connectivity index (χ3n) is 2.65. The molecule has 0 fully saturated rings. The third kappa shape index (κ3) is 4.71. The van der Waals surface area contributed by atoms with E-state index in [9.17, 15) is 4.79 Å². The quantitative estimate of drug-likeness (QED) is 0.813. The molecule has 1 aromatic rings. The Morgan fingerprint density at radius 1 is 1.50 bits per heavy atom. The lowest BCUT2D eigenvalue weighted by atomic mass is 10.1. The van der Waals surface area contributed by atoms with Gasteiger partial charge in [0.1, 0.15) is 5.75 Å². The van der Waals surface area contributed by atoms with Gasteiger partial charge in [-0.2, -0.15) is 0 Å². The van der Waals surface area contributed by atoms with Gasteiger partial charge in [0.2, 0.25) is 0 Å². The maximum absolute atomic E-state index is 11.3. The van der Waals surface area contributed by atoms with Gasteiger partial charge in [0.05, 0.1) is 6.20 Å². The van der Waals surface area contributed by atoms with Crippen molar-refractivity contribution in [1.82, 2.24) is 9.88 Å². The zero-order valence-corrected chi connectivity index (χ0v) is 11.2. The van der Waals surface area contributed by atoms with E-state index in [1.54, 1.807) is 20.3 Å². The summed E-state index contributed by atoms with van der Waals surface area (Å²) in [5.74, 6) is 0.520. The fourth-order valence-electron chi connectivity index (χ4n) is 1.30. The fourth-order valence-corrected chi connectivity index (χ4v) is 1.30. The zero-order valence-electron chi connectivity index (χ0n) is 11.2. The number of nitrogens with two attached hydrogens (primary N) is 1. The predicted octanol–water partition coefficient (Wildman–Crippen LogP) is 0.828. The zero-order chi connectivity index (χ0) is 13.5. The molecular weight excluding hydrogens is 230 g/mol. The van der Waals surface area contributed by atoms with Crippen LogP contribution in [0.15, 0.2) is 18.3 Å². The predicted molar refractivity (Wildman–Crippen MR) is 70.4 cm³/mol. The molecule has 0 spiro atoms. The average Bonchev–Trinajstić information content (AvgIpc) is 2.37. The molecule has 1 aromatic heterocycles. The van der Waals surface area contributed by atoms with Crippen molar-refractivity contribution in [2.24, 2.45) is 5.73 Å². The van der Waals surface area contributed by atoms with Crippen LogP contribution >= 0.6 is 0 Å². The topological polar surface area (TPSA) is 68.5 Å². The van der Waals surface area contributed by atoms with E-state index in [2.05, 4.69) is 11.9 Å². The molecule has 18 heavy (non-hydrogen) atoms. The lowest BCUT2D eigenvalue weighted by Gasteiger charge is -2.12. The number of rotatable bonds is 6. The van der Waals surface area contributed by atoms with E-state index in [4.69, 9.17) is 10.5 Å². The molecule has 1 rings (SSSR count). The van der Waals surface area contributed by atoms with Crippen molar-refractivity contribution in [2.75, 3.05) is 20.7 Å². The lowest BCUT2D eigenvalue weighted by Crippen LogP contribution is -2.27. The summed E-state index contributed by atoms with van der Waals surface area (Å²) in [6, 6.07) is 3.83. The second-order valence-corrected chi connectivity index (χ2v) is 4.43. The standard InChI is InChI=1S/C13H21N3O2/c1-4-10(14)7-11-5-6-12(8-15-11)18-9-13(17)16(2)3/h5-6,8,10H,4,7,9,14H2,1-3H3. The summed E-state index contributed by atoms with van der Waals surface area (Å²) in [4.78, 5) is 17.1. The van der Waals surface area contributed by atoms with Crippen LogP contribution in [0, 0.1) is 0 Å². The van der Waals surface area contributed by atoms with Gasteiger partial charge in [0.15, 0.2) is 6.61 Å². The SMILES string of the molecule is CCC(N)Cc1ccc(OCC(=O)N(C)C)cn1. The molecule has 0 aliphatic rings. The van der Waals surface area contributed by atoms with E-state index in [1.807, 2.05) is 12.1 Å². The molecule has 0 aromatic carbocycles.